The first-order valence-electron chi connectivity index (χ1n) is 6.41. The van der Waals surface area contributed by atoms with E-state index in [2.05, 4.69) is 4.99 Å². The summed E-state index contributed by atoms with van der Waals surface area (Å²) < 4.78 is 5.63. The Morgan fingerprint density at radius 3 is 2.79 bits per heavy atom. The normalized spacial score (nSPS) is 14.1. The van der Waals surface area contributed by atoms with Crippen LogP contribution < -0.4 is 5.46 Å². The number of aryl methyl sites for hydroxylation is 1. The van der Waals surface area contributed by atoms with Crippen LogP contribution in [-0.4, -0.2) is 38.2 Å². The molecule has 0 spiro atoms. The summed E-state index contributed by atoms with van der Waals surface area (Å²) in [5.74, 6) is -0.189. The van der Waals surface area contributed by atoms with Gasteiger partial charge in [0.1, 0.15) is 0 Å². The molecule has 0 aliphatic carbocycles. The molecule has 1 amide bonds. The quantitative estimate of drug-likeness (QED) is 0.457. The van der Waals surface area contributed by atoms with Crippen molar-refractivity contribution in [2.45, 2.75) is 27.3 Å². The zero-order valence-electron chi connectivity index (χ0n) is 12.2. The second-order valence-corrected chi connectivity index (χ2v) is 5.23. The van der Waals surface area contributed by atoms with Gasteiger partial charge in [-0.1, -0.05) is 12.9 Å². The summed E-state index contributed by atoms with van der Waals surface area (Å²) in [5.41, 5.74) is 5.01. The minimum atomic E-state index is -0.189. The zero-order chi connectivity index (χ0) is 14.2. The number of benzene rings is 1. The second kappa shape index (κ2) is 5.17. The Labute approximate surface area is 114 Å². The molecule has 0 bridgehead atoms. The number of carbonyl (C=O) groups excluding carboxylic acids is 1. The molecule has 1 aromatic rings. The van der Waals surface area contributed by atoms with Crippen molar-refractivity contribution in [1.82, 2.24) is 4.90 Å². The predicted octanol–water partition coefficient (Wildman–Crippen LogP) is 1.39. The van der Waals surface area contributed by atoms with Crippen molar-refractivity contribution in [3.05, 3.63) is 28.3 Å². The summed E-state index contributed by atoms with van der Waals surface area (Å²) in [4.78, 5) is 18.0. The summed E-state index contributed by atoms with van der Waals surface area (Å²) in [7, 11) is 3.68. The Balaban J connectivity index is 2.47. The van der Waals surface area contributed by atoms with E-state index < -0.39 is 0 Å². The molecule has 0 atom stereocenters. The lowest BCUT2D eigenvalue weighted by molar-refractivity contribution is 0.100. The van der Waals surface area contributed by atoms with Gasteiger partial charge in [-0.2, -0.15) is 4.99 Å². The number of nitrogens with zero attached hydrogens (tertiary/aromatic N) is 2. The monoisotopic (exact) mass is 258 g/mol. The first-order valence-corrected chi connectivity index (χ1v) is 6.41. The molecule has 1 aliphatic heterocycles. The zero-order valence-corrected chi connectivity index (χ0v) is 12.2. The van der Waals surface area contributed by atoms with Gasteiger partial charge in [0.05, 0.1) is 12.9 Å². The molecular formula is C14H19BN2O2. The predicted molar refractivity (Wildman–Crippen MR) is 78.5 cm³/mol. The number of carbonyl (C=O) groups is 1. The topological polar surface area (TPSA) is 41.9 Å². The Hall–Kier alpha value is -1.62. The fourth-order valence-corrected chi connectivity index (χ4v) is 2.63. The summed E-state index contributed by atoms with van der Waals surface area (Å²) in [6, 6.07) is 2.05. The molecule has 1 aromatic carbocycles. The number of fused-ring (bicyclic) bond motifs is 1. The molecular weight excluding hydrogens is 239 g/mol. The van der Waals surface area contributed by atoms with Crippen molar-refractivity contribution in [3.63, 3.8) is 0 Å². The van der Waals surface area contributed by atoms with Crippen molar-refractivity contribution in [3.8, 4) is 0 Å². The maximum Gasteiger partial charge on any atom is 0.324 e. The van der Waals surface area contributed by atoms with Crippen LogP contribution in [0.5, 0.6) is 0 Å². The minimum absolute atomic E-state index is 0.0555. The van der Waals surface area contributed by atoms with E-state index in [1.54, 1.807) is 4.90 Å². The van der Waals surface area contributed by atoms with Gasteiger partial charge in [0.15, 0.2) is 0 Å². The minimum Gasteiger partial charge on any atom is -0.427 e. The molecule has 0 N–H and O–H groups in total. The molecule has 0 aromatic heterocycles. The van der Waals surface area contributed by atoms with Gasteiger partial charge in [0.2, 0.25) is 0 Å². The molecule has 0 unspecified atom stereocenters. The van der Waals surface area contributed by atoms with Crippen LogP contribution in [0.3, 0.4) is 0 Å². The van der Waals surface area contributed by atoms with Crippen molar-refractivity contribution < 1.29 is 9.45 Å². The van der Waals surface area contributed by atoms with E-state index in [0.29, 0.717) is 12.2 Å². The smallest absolute Gasteiger partial charge is 0.324 e. The van der Waals surface area contributed by atoms with E-state index in [1.807, 2.05) is 40.8 Å². The van der Waals surface area contributed by atoms with Crippen molar-refractivity contribution in [2.24, 2.45) is 4.99 Å². The maximum absolute atomic E-state index is 12.2. The van der Waals surface area contributed by atoms with Gasteiger partial charge in [-0.15, -0.1) is 0 Å². The Kier molecular flexibility index (Phi) is 3.76. The molecule has 100 valence electrons. The van der Waals surface area contributed by atoms with E-state index in [-0.39, 0.29) is 12.8 Å². The van der Waals surface area contributed by atoms with E-state index in [9.17, 15) is 4.79 Å². The van der Waals surface area contributed by atoms with Gasteiger partial charge in [-0.05, 0) is 36.0 Å². The molecule has 0 saturated heterocycles. The Morgan fingerprint density at radius 1 is 1.47 bits per heavy atom. The van der Waals surface area contributed by atoms with Crippen molar-refractivity contribution in [1.29, 1.82) is 0 Å². The first kappa shape index (κ1) is 13.8. The number of hydrogen-bond donors (Lipinski definition) is 0. The molecule has 0 radical (unpaired) electrons. The number of aliphatic imine (C=N–C) groups is 1. The fourth-order valence-electron chi connectivity index (χ4n) is 2.63. The first-order chi connectivity index (χ1) is 8.91. The molecule has 4 nitrogen and oxygen atoms in total. The second-order valence-electron chi connectivity index (χ2n) is 5.23. The lowest BCUT2D eigenvalue weighted by Crippen LogP contribution is -2.29. The SMILES string of the molecule is CB1OCc2cc(C)c(C(=O)/N=C\N(C)C)c(C)c21. The third-order valence-corrected chi connectivity index (χ3v) is 3.43. The van der Waals surface area contributed by atoms with Gasteiger partial charge < -0.3 is 9.55 Å². The summed E-state index contributed by atoms with van der Waals surface area (Å²) in [6.45, 7) is 6.64. The third kappa shape index (κ3) is 2.56. The molecule has 0 fully saturated rings. The average molecular weight is 258 g/mol. The standard InChI is InChI=1S/C14H19BN2O2/c1-9-6-11-7-19-15(3)13(11)10(2)12(9)14(18)16-8-17(4)5/h6,8H,7H2,1-5H3/b16-8-. The van der Waals surface area contributed by atoms with Crippen LogP contribution in [0.2, 0.25) is 6.82 Å². The van der Waals surface area contributed by atoms with Crippen LogP contribution in [0.25, 0.3) is 0 Å². The van der Waals surface area contributed by atoms with Gasteiger partial charge in [0.25, 0.3) is 5.91 Å². The van der Waals surface area contributed by atoms with Crippen LogP contribution in [0, 0.1) is 13.8 Å². The summed E-state index contributed by atoms with van der Waals surface area (Å²) in [6.07, 6.45) is 1.54. The average Bonchev–Trinajstić information content (AvgIpc) is 2.68. The van der Waals surface area contributed by atoms with Gasteiger partial charge in [-0.3, -0.25) is 4.79 Å². The van der Waals surface area contributed by atoms with E-state index in [1.165, 1.54) is 11.9 Å². The van der Waals surface area contributed by atoms with Crippen LogP contribution in [0.4, 0.5) is 0 Å². The van der Waals surface area contributed by atoms with E-state index in [0.717, 1.165) is 16.6 Å². The molecule has 19 heavy (non-hydrogen) atoms. The van der Waals surface area contributed by atoms with Crippen molar-refractivity contribution in [2.75, 3.05) is 14.1 Å². The molecule has 5 heteroatoms. The highest BCUT2D eigenvalue weighted by Crippen LogP contribution is 2.21. The van der Waals surface area contributed by atoms with Gasteiger partial charge in [-0.25, -0.2) is 0 Å². The van der Waals surface area contributed by atoms with Crippen LogP contribution >= 0.6 is 0 Å². The summed E-state index contributed by atoms with van der Waals surface area (Å²) in [5, 5.41) is 0. The lowest BCUT2D eigenvalue weighted by atomic mass is 9.61. The van der Waals surface area contributed by atoms with E-state index >= 15 is 0 Å². The van der Waals surface area contributed by atoms with Gasteiger partial charge >= 0.3 is 6.92 Å². The molecule has 2 rings (SSSR count). The highest BCUT2D eigenvalue weighted by atomic mass is 16.4. The molecule has 1 aliphatic rings. The third-order valence-electron chi connectivity index (χ3n) is 3.43. The summed E-state index contributed by atoms with van der Waals surface area (Å²) >= 11 is 0. The molecule has 0 saturated carbocycles. The van der Waals surface area contributed by atoms with Crippen LogP contribution in [0.1, 0.15) is 27.0 Å². The lowest BCUT2D eigenvalue weighted by Gasteiger charge is -2.12. The largest absolute Gasteiger partial charge is 0.427 e. The number of rotatable bonds is 2. The Morgan fingerprint density at radius 2 is 2.16 bits per heavy atom. The highest BCUT2D eigenvalue weighted by Gasteiger charge is 2.28. The highest BCUT2D eigenvalue weighted by molar-refractivity contribution is 6.68. The van der Waals surface area contributed by atoms with Crippen LogP contribution in [-0.2, 0) is 11.3 Å². The van der Waals surface area contributed by atoms with Crippen LogP contribution in [0.15, 0.2) is 11.1 Å². The molecule has 1 heterocycles. The van der Waals surface area contributed by atoms with Gasteiger partial charge in [0, 0.05) is 19.7 Å². The van der Waals surface area contributed by atoms with Crippen molar-refractivity contribution >= 4 is 24.6 Å². The Bertz CT molecular complexity index is 553. The number of hydrogen-bond acceptors (Lipinski definition) is 2. The van der Waals surface area contributed by atoms with E-state index in [4.69, 9.17) is 4.65 Å². The number of amides is 1. The maximum atomic E-state index is 12.2. The fraction of sp³-hybridized carbons (Fsp3) is 0.429.